The molecule has 10 heteroatoms. The van der Waals surface area contributed by atoms with Gasteiger partial charge in [-0.25, -0.2) is 13.1 Å². The summed E-state index contributed by atoms with van der Waals surface area (Å²) in [6.07, 6.45) is 1.48. The summed E-state index contributed by atoms with van der Waals surface area (Å²) in [6, 6.07) is 16.5. The summed E-state index contributed by atoms with van der Waals surface area (Å²) in [4.78, 5) is 12.3. The van der Waals surface area contributed by atoms with E-state index in [0.717, 1.165) is 3.57 Å². The molecular formula is C19H16IN3O4S2. The number of carbonyl (C=O) groups excluding carboxylic acids is 1. The van der Waals surface area contributed by atoms with Crippen LogP contribution in [0.1, 0.15) is 16.1 Å². The Morgan fingerprint density at radius 2 is 1.83 bits per heavy atom. The molecule has 3 N–H and O–H groups in total. The molecule has 0 aliphatic rings. The Kier molecular flexibility index (Phi) is 7.00. The third-order valence-corrected chi connectivity index (χ3v) is 6.05. The molecule has 29 heavy (non-hydrogen) atoms. The van der Waals surface area contributed by atoms with Crippen molar-refractivity contribution in [1.29, 1.82) is 0 Å². The SMILES string of the molecule is O=C(NC(=S)Nc1ccc(S(=O)(=O)NCc2ccco2)cc1)c1cccc(I)c1. The van der Waals surface area contributed by atoms with Crippen LogP contribution in [0.2, 0.25) is 0 Å². The third-order valence-electron chi connectivity index (χ3n) is 3.75. The second-order valence-corrected chi connectivity index (χ2v) is 9.27. The van der Waals surface area contributed by atoms with Crippen molar-refractivity contribution in [3.05, 3.63) is 81.8 Å². The highest BCUT2D eigenvalue weighted by Crippen LogP contribution is 2.15. The highest BCUT2D eigenvalue weighted by Gasteiger charge is 2.14. The first-order valence-electron chi connectivity index (χ1n) is 8.33. The zero-order chi connectivity index (χ0) is 20.9. The molecule has 0 fully saturated rings. The van der Waals surface area contributed by atoms with Gasteiger partial charge in [0, 0.05) is 14.8 Å². The van der Waals surface area contributed by atoms with Gasteiger partial charge in [-0.2, -0.15) is 0 Å². The van der Waals surface area contributed by atoms with Crippen molar-refractivity contribution in [2.24, 2.45) is 0 Å². The van der Waals surface area contributed by atoms with Gasteiger partial charge in [-0.05, 0) is 89.4 Å². The molecule has 0 aliphatic heterocycles. The van der Waals surface area contributed by atoms with Gasteiger partial charge in [-0.3, -0.25) is 10.1 Å². The van der Waals surface area contributed by atoms with E-state index in [1.54, 1.807) is 42.5 Å². The second-order valence-electron chi connectivity index (χ2n) is 5.85. The van der Waals surface area contributed by atoms with Crippen LogP contribution < -0.4 is 15.4 Å². The summed E-state index contributed by atoms with van der Waals surface area (Å²) in [5.41, 5.74) is 1.04. The number of benzene rings is 2. The Hall–Kier alpha value is -2.28. The molecule has 0 atom stereocenters. The van der Waals surface area contributed by atoms with Crippen LogP contribution in [0.5, 0.6) is 0 Å². The van der Waals surface area contributed by atoms with E-state index in [9.17, 15) is 13.2 Å². The summed E-state index contributed by atoms with van der Waals surface area (Å²) in [7, 11) is -3.68. The number of sulfonamides is 1. The molecule has 1 amide bonds. The summed E-state index contributed by atoms with van der Waals surface area (Å²) < 4.78 is 33.2. The molecule has 0 radical (unpaired) electrons. The summed E-state index contributed by atoms with van der Waals surface area (Å²) >= 11 is 7.27. The first-order chi connectivity index (χ1) is 13.8. The first kappa shape index (κ1) is 21.4. The van der Waals surface area contributed by atoms with E-state index in [2.05, 4.69) is 37.9 Å². The highest BCUT2D eigenvalue weighted by atomic mass is 127. The second kappa shape index (κ2) is 9.48. The van der Waals surface area contributed by atoms with E-state index in [1.165, 1.54) is 18.4 Å². The van der Waals surface area contributed by atoms with Gasteiger partial charge >= 0.3 is 0 Å². The molecule has 150 valence electrons. The van der Waals surface area contributed by atoms with Crippen LogP contribution in [-0.4, -0.2) is 19.4 Å². The molecule has 3 rings (SSSR count). The molecule has 3 aromatic rings. The van der Waals surface area contributed by atoms with Crippen molar-refractivity contribution < 1.29 is 17.6 Å². The lowest BCUT2D eigenvalue weighted by Crippen LogP contribution is -2.34. The Balaban J connectivity index is 1.58. The Morgan fingerprint density at radius 1 is 1.07 bits per heavy atom. The normalized spacial score (nSPS) is 11.1. The maximum Gasteiger partial charge on any atom is 0.257 e. The predicted octanol–water partition coefficient (Wildman–Crippen LogP) is 3.49. The van der Waals surface area contributed by atoms with Crippen LogP contribution in [0.15, 0.2) is 76.2 Å². The van der Waals surface area contributed by atoms with Crippen molar-refractivity contribution in [2.75, 3.05) is 5.32 Å². The maximum atomic E-state index is 12.3. The van der Waals surface area contributed by atoms with Crippen LogP contribution in [0.3, 0.4) is 0 Å². The van der Waals surface area contributed by atoms with Gasteiger partial charge in [-0.15, -0.1) is 0 Å². The monoisotopic (exact) mass is 541 g/mol. The van der Waals surface area contributed by atoms with Crippen LogP contribution >= 0.6 is 34.8 Å². The molecule has 2 aromatic carbocycles. The molecule has 0 bridgehead atoms. The van der Waals surface area contributed by atoms with E-state index >= 15 is 0 Å². The molecular weight excluding hydrogens is 525 g/mol. The van der Waals surface area contributed by atoms with Crippen LogP contribution in [0.4, 0.5) is 5.69 Å². The summed E-state index contributed by atoms with van der Waals surface area (Å²) in [5, 5.41) is 5.56. The van der Waals surface area contributed by atoms with E-state index in [0.29, 0.717) is 17.0 Å². The van der Waals surface area contributed by atoms with Crippen LogP contribution in [0.25, 0.3) is 0 Å². The lowest BCUT2D eigenvalue weighted by atomic mass is 10.2. The minimum Gasteiger partial charge on any atom is -0.468 e. The predicted molar refractivity (Wildman–Crippen MR) is 122 cm³/mol. The molecule has 0 saturated carbocycles. The van der Waals surface area contributed by atoms with Crippen molar-refractivity contribution in [1.82, 2.24) is 10.0 Å². The van der Waals surface area contributed by atoms with Crippen LogP contribution in [0, 0.1) is 3.57 Å². The Bertz CT molecular complexity index is 1110. The fraction of sp³-hybridized carbons (Fsp3) is 0.0526. The molecule has 0 saturated heterocycles. The van der Waals surface area contributed by atoms with E-state index in [4.69, 9.17) is 16.6 Å². The van der Waals surface area contributed by atoms with Crippen molar-refractivity contribution in [3.63, 3.8) is 0 Å². The number of halogens is 1. The zero-order valence-corrected chi connectivity index (χ0v) is 18.7. The molecule has 7 nitrogen and oxygen atoms in total. The van der Waals surface area contributed by atoms with Crippen LogP contribution in [-0.2, 0) is 16.6 Å². The van der Waals surface area contributed by atoms with Gasteiger partial charge in [-0.1, -0.05) is 6.07 Å². The third kappa shape index (κ3) is 6.10. The Labute approximate surface area is 187 Å². The number of carbonyl (C=O) groups is 1. The van der Waals surface area contributed by atoms with Gasteiger partial charge in [0.2, 0.25) is 10.0 Å². The number of amides is 1. The topological polar surface area (TPSA) is 100 Å². The number of anilines is 1. The molecule has 1 heterocycles. The quantitative estimate of drug-likeness (QED) is 0.327. The van der Waals surface area contributed by atoms with Crippen molar-refractivity contribution in [2.45, 2.75) is 11.4 Å². The molecule has 0 spiro atoms. The van der Waals surface area contributed by atoms with E-state index < -0.39 is 10.0 Å². The van der Waals surface area contributed by atoms with Crippen molar-refractivity contribution >= 4 is 61.5 Å². The number of nitrogens with one attached hydrogen (secondary N) is 3. The largest absolute Gasteiger partial charge is 0.468 e. The number of thiocarbonyl (C=S) groups is 1. The maximum absolute atomic E-state index is 12.3. The number of rotatable bonds is 6. The minimum absolute atomic E-state index is 0.0594. The number of furan rings is 1. The van der Waals surface area contributed by atoms with E-state index in [1.807, 2.05) is 6.07 Å². The van der Waals surface area contributed by atoms with Gasteiger partial charge in [0.25, 0.3) is 5.91 Å². The lowest BCUT2D eigenvalue weighted by molar-refractivity contribution is 0.0977. The fourth-order valence-electron chi connectivity index (χ4n) is 2.35. The number of hydrogen-bond donors (Lipinski definition) is 3. The standard InChI is InChI=1S/C19H16IN3O4S2/c20-14-4-1-3-13(11-14)18(24)23-19(28)22-15-6-8-17(9-7-15)29(25,26)21-12-16-5-2-10-27-16/h1-11,21H,12H2,(H2,22,23,24,28). The zero-order valence-electron chi connectivity index (χ0n) is 14.9. The van der Waals surface area contributed by atoms with Gasteiger partial charge < -0.3 is 9.73 Å². The Morgan fingerprint density at radius 3 is 2.48 bits per heavy atom. The van der Waals surface area contributed by atoms with Gasteiger partial charge in [0.05, 0.1) is 17.7 Å². The summed E-state index contributed by atoms with van der Waals surface area (Å²) in [5.74, 6) is 0.184. The lowest BCUT2D eigenvalue weighted by Gasteiger charge is -2.11. The molecule has 1 aromatic heterocycles. The average molecular weight is 541 g/mol. The van der Waals surface area contributed by atoms with Gasteiger partial charge in [0.15, 0.2) is 5.11 Å². The first-order valence-corrected chi connectivity index (χ1v) is 11.3. The van der Waals surface area contributed by atoms with Crippen molar-refractivity contribution in [3.8, 4) is 0 Å². The van der Waals surface area contributed by atoms with Gasteiger partial charge in [0.1, 0.15) is 5.76 Å². The smallest absolute Gasteiger partial charge is 0.257 e. The number of hydrogen-bond acceptors (Lipinski definition) is 5. The molecule has 0 unspecified atom stereocenters. The molecule has 0 aliphatic carbocycles. The highest BCUT2D eigenvalue weighted by molar-refractivity contribution is 14.1. The summed E-state index contributed by atoms with van der Waals surface area (Å²) in [6.45, 7) is 0.0594. The fourth-order valence-corrected chi connectivity index (χ4v) is 4.09. The average Bonchev–Trinajstić information content (AvgIpc) is 3.20. The minimum atomic E-state index is -3.68. The van der Waals surface area contributed by atoms with E-state index in [-0.39, 0.29) is 22.5 Å².